The number of benzene rings is 2. The number of halogens is 3. The maximum absolute atomic E-state index is 14.2. The fourth-order valence-corrected chi connectivity index (χ4v) is 3.64. The van der Waals surface area contributed by atoms with Crippen LogP contribution in [0.1, 0.15) is 24.3 Å². The maximum atomic E-state index is 14.2. The Morgan fingerprint density at radius 3 is 2.71 bits per heavy atom. The van der Waals surface area contributed by atoms with E-state index in [1.807, 2.05) is 24.3 Å². The predicted octanol–water partition coefficient (Wildman–Crippen LogP) is 4.59. The number of guanidine groups is 1. The van der Waals surface area contributed by atoms with Gasteiger partial charge in [-0.15, -0.1) is 24.0 Å². The highest BCUT2D eigenvalue weighted by Gasteiger charge is 2.45. The third-order valence-electron chi connectivity index (χ3n) is 5.30. The van der Waals surface area contributed by atoms with Crippen LogP contribution < -0.4 is 10.6 Å². The Bertz CT molecular complexity index is 1050. The Balaban J connectivity index is 0.00000272. The Hall–Kier alpha value is -2.20. The zero-order valence-electron chi connectivity index (χ0n) is 17.1. The van der Waals surface area contributed by atoms with Gasteiger partial charge in [-0.25, -0.2) is 4.39 Å². The van der Waals surface area contributed by atoms with E-state index in [4.69, 9.17) is 16.1 Å². The van der Waals surface area contributed by atoms with Gasteiger partial charge in [-0.2, -0.15) is 4.98 Å². The van der Waals surface area contributed by atoms with Crippen LogP contribution in [0.25, 0.3) is 11.4 Å². The average molecular weight is 556 g/mol. The van der Waals surface area contributed by atoms with Crippen molar-refractivity contribution in [2.24, 2.45) is 4.99 Å². The van der Waals surface area contributed by atoms with Gasteiger partial charge in [-0.1, -0.05) is 47.1 Å². The molecule has 2 aromatic carbocycles. The molecule has 0 radical (unpaired) electrons. The number of rotatable bonds is 7. The summed E-state index contributed by atoms with van der Waals surface area (Å²) in [6.07, 6.45) is 2.48. The van der Waals surface area contributed by atoms with Gasteiger partial charge in [0, 0.05) is 42.6 Å². The van der Waals surface area contributed by atoms with Gasteiger partial charge >= 0.3 is 0 Å². The second-order valence-electron chi connectivity index (χ2n) is 7.38. The third kappa shape index (κ3) is 5.74. The smallest absolute Gasteiger partial charge is 0.228 e. The fourth-order valence-electron chi connectivity index (χ4n) is 3.45. The second kappa shape index (κ2) is 10.4. The fraction of sp³-hybridized carbons (Fsp3) is 0.318. The minimum atomic E-state index is -0.151. The Morgan fingerprint density at radius 2 is 2.00 bits per heavy atom. The van der Waals surface area contributed by atoms with Crippen molar-refractivity contribution in [2.75, 3.05) is 20.1 Å². The molecule has 4 rings (SSSR count). The molecular weight excluding hydrogens is 532 g/mol. The van der Waals surface area contributed by atoms with Crippen molar-refractivity contribution in [3.05, 3.63) is 70.8 Å². The molecule has 1 aliphatic rings. The Kier molecular flexibility index (Phi) is 7.88. The highest BCUT2D eigenvalue weighted by Crippen LogP contribution is 2.48. The lowest BCUT2D eigenvalue weighted by Crippen LogP contribution is -2.42. The quantitative estimate of drug-likeness (QED) is 0.254. The van der Waals surface area contributed by atoms with Crippen LogP contribution in [-0.2, 0) is 11.8 Å². The number of aliphatic imine (C=N–C) groups is 1. The minimum absolute atomic E-state index is 0. The summed E-state index contributed by atoms with van der Waals surface area (Å²) >= 11 is 6.01. The molecule has 3 aromatic rings. The van der Waals surface area contributed by atoms with Crippen LogP contribution in [0.15, 0.2) is 58.0 Å². The molecule has 0 bridgehead atoms. The molecule has 1 aliphatic carbocycles. The maximum Gasteiger partial charge on any atom is 0.228 e. The summed E-state index contributed by atoms with van der Waals surface area (Å²) in [4.78, 5) is 8.66. The molecule has 6 nitrogen and oxygen atoms in total. The van der Waals surface area contributed by atoms with Crippen molar-refractivity contribution in [1.29, 1.82) is 0 Å². The van der Waals surface area contributed by atoms with Crippen molar-refractivity contribution < 1.29 is 8.91 Å². The molecular formula is C22H24ClFIN5O. The number of nitrogens with zero attached hydrogens (tertiary/aromatic N) is 3. The summed E-state index contributed by atoms with van der Waals surface area (Å²) in [6, 6.07) is 14.3. The summed E-state index contributed by atoms with van der Waals surface area (Å²) in [5.41, 5.74) is 1.43. The van der Waals surface area contributed by atoms with Gasteiger partial charge in [0.25, 0.3) is 0 Å². The summed E-state index contributed by atoms with van der Waals surface area (Å²) in [5.74, 6) is 1.55. The molecule has 1 fully saturated rings. The van der Waals surface area contributed by atoms with Crippen LogP contribution in [0.4, 0.5) is 4.39 Å². The molecule has 1 saturated carbocycles. The van der Waals surface area contributed by atoms with Crippen molar-refractivity contribution in [3.8, 4) is 11.4 Å². The van der Waals surface area contributed by atoms with Gasteiger partial charge in [0.15, 0.2) is 5.96 Å². The Labute approximate surface area is 202 Å². The zero-order valence-corrected chi connectivity index (χ0v) is 20.2. The molecule has 9 heteroatoms. The lowest BCUT2D eigenvalue weighted by Gasteiger charge is -2.19. The van der Waals surface area contributed by atoms with Crippen LogP contribution in [-0.4, -0.2) is 36.2 Å². The van der Waals surface area contributed by atoms with E-state index >= 15 is 0 Å². The minimum Gasteiger partial charge on any atom is -0.356 e. The topological polar surface area (TPSA) is 75.3 Å². The molecule has 0 atom stereocenters. The highest BCUT2D eigenvalue weighted by molar-refractivity contribution is 14.0. The molecule has 0 saturated heterocycles. The van der Waals surface area contributed by atoms with E-state index in [9.17, 15) is 4.39 Å². The first-order chi connectivity index (χ1) is 14.6. The number of hydrogen-bond donors (Lipinski definition) is 2. The van der Waals surface area contributed by atoms with E-state index in [2.05, 4.69) is 25.8 Å². The van der Waals surface area contributed by atoms with Gasteiger partial charge in [0.05, 0.1) is 0 Å². The molecule has 1 heterocycles. The third-order valence-corrected chi connectivity index (χ3v) is 5.53. The summed E-state index contributed by atoms with van der Waals surface area (Å²) < 4.78 is 19.5. The molecule has 31 heavy (non-hydrogen) atoms. The largest absolute Gasteiger partial charge is 0.356 e. The average Bonchev–Trinajstić information content (AvgIpc) is 3.39. The van der Waals surface area contributed by atoms with E-state index in [0.717, 1.165) is 24.0 Å². The number of aromatic nitrogens is 2. The van der Waals surface area contributed by atoms with Crippen molar-refractivity contribution in [2.45, 2.75) is 24.7 Å². The highest BCUT2D eigenvalue weighted by atomic mass is 127. The lowest BCUT2D eigenvalue weighted by molar-refractivity contribution is 0.378. The van der Waals surface area contributed by atoms with E-state index in [1.54, 1.807) is 25.2 Å². The molecule has 164 valence electrons. The molecule has 0 spiro atoms. The molecule has 0 amide bonds. The molecule has 2 N–H and O–H groups in total. The van der Waals surface area contributed by atoms with E-state index in [1.165, 1.54) is 6.07 Å². The van der Waals surface area contributed by atoms with Crippen LogP contribution in [0.5, 0.6) is 0 Å². The summed E-state index contributed by atoms with van der Waals surface area (Å²) in [7, 11) is 1.71. The summed E-state index contributed by atoms with van der Waals surface area (Å²) in [6.45, 7) is 1.20. The van der Waals surface area contributed by atoms with E-state index in [-0.39, 0.29) is 35.2 Å². The monoisotopic (exact) mass is 555 g/mol. The predicted molar refractivity (Wildman–Crippen MR) is 131 cm³/mol. The summed E-state index contributed by atoms with van der Waals surface area (Å²) in [5, 5.41) is 11.2. The van der Waals surface area contributed by atoms with Gasteiger partial charge in [0.2, 0.25) is 11.7 Å². The van der Waals surface area contributed by atoms with Crippen LogP contribution in [0.2, 0.25) is 5.02 Å². The van der Waals surface area contributed by atoms with Crippen LogP contribution in [0, 0.1) is 5.82 Å². The molecule has 0 aliphatic heterocycles. The van der Waals surface area contributed by atoms with Gasteiger partial charge in [-0.3, -0.25) is 4.99 Å². The van der Waals surface area contributed by atoms with E-state index < -0.39 is 0 Å². The standard InChI is InChI=1S/C22H23ClFN5O.HI/c1-25-21(27-14-22(10-11-22)17-7-2-3-8-18(17)24)26-12-9-19-28-20(29-30-19)15-5-4-6-16(23)13-15;/h2-8,13H,9-12,14H2,1H3,(H2,25,26,27);1H. The van der Waals surface area contributed by atoms with Gasteiger partial charge < -0.3 is 15.2 Å². The SMILES string of the molecule is CN=C(NCCc1nc(-c2cccc(Cl)c2)no1)NCC1(c2ccccc2F)CC1.I. The van der Waals surface area contributed by atoms with E-state index in [0.29, 0.717) is 42.2 Å². The van der Waals surface area contributed by atoms with Gasteiger partial charge in [-0.05, 0) is 36.6 Å². The first-order valence-electron chi connectivity index (χ1n) is 9.88. The number of nitrogens with one attached hydrogen (secondary N) is 2. The van der Waals surface area contributed by atoms with Crippen molar-refractivity contribution >= 4 is 41.5 Å². The van der Waals surface area contributed by atoms with Crippen LogP contribution in [0.3, 0.4) is 0 Å². The second-order valence-corrected chi connectivity index (χ2v) is 7.82. The van der Waals surface area contributed by atoms with Crippen LogP contribution >= 0.6 is 35.6 Å². The van der Waals surface area contributed by atoms with Gasteiger partial charge in [0.1, 0.15) is 5.82 Å². The first-order valence-corrected chi connectivity index (χ1v) is 10.3. The van der Waals surface area contributed by atoms with Crippen molar-refractivity contribution in [3.63, 3.8) is 0 Å². The first kappa shape index (κ1) is 23.5. The number of hydrogen-bond acceptors (Lipinski definition) is 4. The Morgan fingerprint density at radius 1 is 1.19 bits per heavy atom. The molecule has 0 unspecified atom stereocenters. The molecule has 1 aromatic heterocycles. The van der Waals surface area contributed by atoms with Crippen molar-refractivity contribution in [1.82, 2.24) is 20.8 Å². The normalized spacial score (nSPS) is 14.6. The lowest BCUT2D eigenvalue weighted by atomic mass is 9.95. The zero-order chi connectivity index (χ0) is 21.0.